The maximum absolute atomic E-state index is 14.7. The van der Waals surface area contributed by atoms with Gasteiger partial charge in [0.05, 0.1) is 21.6 Å². The molecular weight excluding hydrogens is 465 g/mol. The highest BCUT2D eigenvalue weighted by molar-refractivity contribution is 7.92. The van der Waals surface area contributed by atoms with Crippen molar-refractivity contribution in [3.05, 3.63) is 59.1 Å². The number of benzene rings is 2. The minimum absolute atomic E-state index is 0.0990. The molecule has 0 amide bonds. The number of halogens is 2. The number of unbranched alkanes of at least 4 members (excludes halogenated alkanes) is 1. The van der Waals surface area contributed by atoms with E-state index in [9.17, 15) is 12.8 Å². The van der Waals surface area contributed by atoms with Crippen LogP contribution < -0.4 is 9.62 Å². The Morgan fingerprint density at radius 1 is 1.24 bits per heavy atom. The summed E-state index contributed by atoms with van der Waals surface area (Å²) in [5, 5.41) is 11.8. The number of hydrogen-bond donors (Lipinski definition) is 1. The Balaban J connectivity index is 1.92. The lowest BCUT2D eigenvalue weighted by atomic mass is 10.1. The Hall–Kier alpha value is -2.49. The quantitative estimate of drug-likeness (QED) is 0.499. The summed E-state index contributed by atoms with van der Waals surface area (Å²) >= 11 is 6.18. The van der Waals surface area contributed by atoms with E-state index in [0.29, 0.717) is 23.6 Å². The van der Waals surface area contributed by atoms with Crippen LogP contribution in [0.5, 0.6) is 0 Å². The van der Waals surface area contributed by atoms with E-state index >= 15 is 0 Å². The SMILES string of the molecule is CCCCN(c1cc(F)c(Cl)cc1-c1nnc(C)n1C1CCNC1)S(=O)(=O)c1ccccc1. The number of aromatic nitrogens is 3. The van der Waals surface area contributed by atoms with Gasteiger partial charge in [-0.05, 0) is 44.5 Å². The molecule has 0 radical (unpaired) electrons. The van der Waals surface area contributed by atoms with Crippen molar-refractivity contribution < 1.29 is 12.8 Å². The fraction of sp³-hybridized carbons (Fsp3) is 0.391. The number of nitrogens with one attached hydrogen (secondary N) is 1. The van der Waals surface area contributed by atoms with Gasteiger partial charge in [-0.3, -0.25) is 4.31 Å². The van der Waals surface area contributed by atoms with Crippen molar-refractivity contribution in [2.75, 3.05) is 23.9 Å². The lowest BCUT2D eigenvalue weighted by molar-refractivity contribution is 0.537. The number of anilines is 1. The Bertz CT molecular complexity index is 1230. The Labute approximate surface area is 198 Å². The van der Waals surface area contributed by atoms with Gasteiger partial charge in [-0.2, -0.15) is 0 Å². The van der Waals surface area contributed by atoms with Gasteiger partial charge in [0, 0.05) is 24.7 Å². The number of sulfonamides is 1. The van der Waals surface area contributed by atoms with E-state index in [2.05, 4.69) is 15.5 Å². The smallest absolute Gasteiger partial charge is 0.264 e. The molecule has 1 atom stereocenters. The van der Waals surface area contributed by atoms with E-state index in [1.165, 1.54) is 28.6 Å². The van der Waals surface area contributed by atoms with Crippen LogP contribution in [0, 0.1) is 12.7 Å². The summed E-state index contributed by atoms with van der Waals surface area (Å²) in [6.45, 7) is 5.64. The number of rotatable bonds is 8. The van der Waals surface area contributed by atoms with Crippen molar-refractivity contribution in [2.24, 2.45) is 0 Å². The second kappa shape index (κ2) is 9.79. The highest BCUT2D eigenvalue weighted by Gasteiger charge is 2.31. The van der Waals surface area contributed by atoms with Gasteiger partial charge in [0.25, 0.3) is 10.0 Å². The summed E-state index contributed by atoms with van der Waals surface area (Å²) in [4.78, 5) is 0.139. The standard InChI is InChI=1S/C23H27ClFN5O2S/c1-3-4-12-29(33(31,32)18-8-6-5-7-9-18)22-14-21(25)20(24)13-19(22)23-28-27-16(2)30(23)17-10-11-26-15-17/h5-9,13-14,17,26H,3-4,10-12,15H2,1-2H3. The molecule has 0 aliphatic carbocycles. The predicted octanol–water partition coefficient (Wildman–Crippen LogP) is 4.58. The maximum Gasteiger partial charge on any atom is 0.264 e. The normalized spacial score (nSPS) is 16.3. The van der Waals surface area contributed by atoms with Crippen LogP contribution in [0.25, 0.3) is 11.4 Å². The molecule has 3 aromatic rings. The molecule has 7 nitrogen and oxygen atoms in total. The van der Waals surface area contributed by atoms with Gasteiger partial charge in [-0.15, -0.1) is 10.2 Å². The van der Waals surface area contributed by atoms with Gasteiger partial charge in [0.1, 0.15) is 11.6 Å². The third-order valence-electron chi connectivity index (χ3n) is 5.86. The molecule has 2 heterocycles. The summed E-state index contributed by atoms with van der Waals surface area (Å²) in [5.41, 5.74) is 0.637. The van der Waals surface area contributed by atoms with Crippen molar-refractivity contribution >= 4 is 27.3 Å². The molecule has 1 unspecified atom stereocenters. The van der Waals surface area contributed by atoms with E-state index in [4.69, 9.17) is 11.6 Å². The van der Waals surface area contributed by atoms with Crippen molar-refractivity contribution in [1.29, 1.82) is 0 Å². The second-order valence-electron chi connectivity index (χ2n) is 8.11. The van der Waals surface area contributed by atoms with Crippen LogP contribution >= 0.6 is 11.6 Å². The molecule has 1 aliphatic rings. The largest absolute Gasteiger partial charge is 0.315 e. The molecule has 10 heteroatoms. The van der Waals surface area contributed by atoms with Crippen LogP contribution in [0.3, 0.4) is 0 Å². The fourth-order valence-electron chi connectivity index (χ4n) is 4.16. The minimum atomic E-state index is -3.96. The molecule has 0 spiro atoms. The summed E-state index contributed by atoms with van der Waals surface area (Å²) in [5.74, 6) is 0.490. The average Bonchev–Trinajstić information content (AvgIpc) is 3.46. The Morgan fingerprint density at radius 2 is 2.00 bits per heavy atom. The summed E-state index contributed by atoms with van der Waals surface area (Å²) in [7, 11) is -3.96. The molecule has 176 valence electrons. The Morgan fingerprint density at radius 3 is 2.67 bits per heavy atom. The topological polar surface area (TPSA) is 80.1 Å². The van der Waals surface area contributed by atoms with E-state index in [1.54, 1.807) is 18.2 Å². The van der Waals surface area contributed by atoms with E-state index in [1.807, 2.05) is 18.4 Å². The van der Waals surface area contributed by atoms with Crippen LogP contribution in [0.1, 0.15) is 38.1 Å². The second-order valence-corrected chi connectivity index (χ2v) is 10.4. The molecule has 1 N–H and O–H groups in total. The molecule has 4 rings (SSSR count). The van der Waals surface area contributed by atoms with Crippen LogP contribution in [-0.4, -0.2) is 42.8 Å². The molecule has 1 fully saturated rings. The molecule has 33 heavy (non-hydrogen) atoms. The zero-order valence-electron chi connectivity index (χ0n) is 18.6. The zero-order valence-corrected chi connectivity index (χ0v) is 20.2. The molecular formula is C23H27ClFN5O2S. The fourth-order valence-corrected chi connectivity index (χ4v) is 5.86. The molecule has 0 saturated carbocycles. The average molecular weight is 492 g/mol. The third kappa shape index (κ3) is 4.62. The summed E-state index contributed by atoms with van der Waals surface area (Å²) < 4.78 is 45.4. The molecule has 2 aromatic carbocycles. The number of hydrogen-bond acceptors (Lipinski definition) is 5. The lowest BCUT2D eigenvalue weighted by Gasteiger charge is -2.27. The van der Waals surface area contributed by atoms with Gasteiger partial charge in [-0.25, -0.2) is 12.8 Å². The first-order valence-corrected chi connectivity index (χ1v) is 12.9. The van der Waals surface area contributed by atoms with Gasteiger partial charge in [0.15, 0.2) is 5.82 Å². The molecule has 1 saturated heterocycles. The first-order valence-electron chi connectivity index (χ1n) is 11.0. The maximum atomic E-state index is 14.7. The van der Waals surface area contributed by atoms with Crippen LogP contribution in [0.4, 0.5) is 10.1 Å². The minimum Gasteiger partial charge on any atom is -0.315 e. The summed E-state index contributed by atoms with van der Waals surface area (Å²) in [6.07, 6.45) is 2.27. The lowest BCUT2D eigenvalue weighted by Crippen LogP contribution is -2.33. The van der Waals surface area contributed by atoms with E-state index in [0.717, 1.165) is 25.9 Å². The van der Waals surface area contributed by atoms with Crippen molar-refractivity contribution in [3.8, 4) is 11.4 Å². The molecule has 0 bridgehead atoms. The predicted molar refractivity (Wildman–Crippen MR) is 128 cm³/mol. The Kier molecular flexibility index (Phi) is 7.02. The molecule has 1 aliphatic heterocycles. The van der Waals surface area contributed by atoms with Crippen molar-refractivity contribution in [2.45, 2.75) is 44.0 Å². The van der Waals surface area contributed by atoms with Gasteiger partial charge >= 0.3 is 0 Å². The van der Waals surface area contributed by atoms with Crippen LogP contribution in [0.15, 0.2) is 47.4 Å². The van der Waals surface area contributed by atoms with E-state index < -0.39 is 15.8 Å². The van der Waals surface area contributed by atoms with Crippen molar-refractivity contribution in [3.63, 3.8) is 0 Å². The zero-order chi connectivity index (χ0) is 23.6. The first kappa shape index (κ1) is 23.7. The highest BCUT2D eigenvalue weighted by Crippen LogP contribution is 2.38. The first-order chi connectivity index (χ1) is 15.8. The summed E-state index contributed by atoms with van der Waals surface area (Å²) in [6, 6.07) is 10.9. The number of nitrogens with zero attached hydrogens (tertiary/aromatic N) is 4. The monoisotopic (exact) mass is 491 g/mol. The van der Waals surface area contributed by atoms with Crippen LogP contribution in [-0.2, 0) is 10.0 Å². The van der Waals surface area contributed by atoms with Gasteiger partial charge in [-0.1, -0.05) is 43.1 Å². The van der Waals surface area contributed by atoms with Gasteiger partial charge < -0.3 is 9.88 Å². The van der Waals surface area contributed by atoms with Crippen LogP contribution in [0.2, 0.25) is 5.02 Å². The van der Waals surface area contributed by atoms with Crippen molar-refractivity contribution in [1.82, 2.24) is 20.1 Å². The molecule has 1 aromatic heterocycles. The highest BCUT2D eigenvalue weighted by atomic mass is 35.5. The van der Waals surface area contributed by atoms with E-state index in [-0.39, 0.29) is 28.2 Å². The number of aryl methyl sites for hydroxylation is 1. The third-order valence-corrected chi connectivity index (χ3v) is 7.98. The van der Waals surface area contributed by atoms with Gasteiger partial charge in [0.2, 0.25) is 0 Å².